The number of thiazole rings is 1. The van der Waals surface area contributed by atoms with Gasteiger partial charge in [-0.05, 0) is 27.7 Å². The third kappa shape index (κ3) is 2.37. The topological polar surface area (TPSA) is 69.9 Å². The molecule has 2 aromatic rings. The van der Waals surface area contributed by atoms with E-state index < -0.39 is 5.97 Å². The number of methoxy groups -OCH3 is 1. The molecule has 0 aliphatic carbocycles. The summed E-state index contributed by atoms with van der Waals surface area (Å²) < 4.78 is 6.50. The third-order valence-corrected chi connectivity index (χ3v) is 3.76. The van der Waals surface area contributed by atoms with E-state index in [1.165, 1.54) is 18.4 Å². The van der Waals surface area contributed by atoms with E-state index in [9.17, 15) is 4.79 Å². The quantitative estimate of drug-likeness (QED) is 0.807. The highest BCUT2D eigenvalue weighted by Crippen LogP contribution is 2.33. The molecule has 0 saturated heterocycles. The number of esters is 1. The van der Waals surface area contributed by atoms with Crippen LogP contribution in [-0.2, 0) is 4.74 Å². The van der Waals surface area contributed by atoms with Crippen LogP contribution >= 0.6 is 11.3 Å². The lowest BCUT2D eigenvalue weighted by Crippen LogP contribution is -2.08. The minimum Gasteiger partial charge on any atom is -0.464 e. The zero-order chi connectivity index (χ0) is 14.2. The first kappa shape index (κ1) is 13.7. The van der Waals surface area contributed by atoms with Gasteiger partial charge < -0.3 is 4.74 Å². The number of carbonyl (C=O) groups is 1. The first-order valence-corrected chi connectivity index (χ1v) is 6.75. The van der Waals surface area contributed by atoms with E-state index in [1.54, 1.807) is 4.68 Å². The highest BCUT2D eigenvalue weighted by Gasteiger charge is 2.25. The molecule has 2 aromatic heterocycles. The standard InChI is InChI=1S/C12H16N4O2S/c1-6(2)16-10(9(14-15-16)12(17)18-5)11-7(3)13-8(4)19-11/h6H,1-5H3. The summed E-state index contributed by atoms with van der Waals surface area (Å²) in [6.07, 6.45) is 0. The fraction of sp³-hybridized carbons (Fsp3) is 0.500. The van der Waals surface area contributed by atoms with Crippen molar-refractivity contribution in [1.82, 2.24) is 20.0 Å². The zero-order valence-electron chi connectivity index (χ0n) is 11.6. The van der Waals surface area contributed by atoms with Crippen LogP contribution in [0.4, 0.5) is 0 Å². The Kier molecular flexibility index (Phi) is 3.66. The molecule has 0 N–H and O–H groups in total. The summed E-state index contributed by atoms with van der Waals surface area (Å²) in [6, 6.07) is 0.0997. The van der Waals surface area contributed by atoms with Crippen LogP contribution in [0.5, 0.6) is 0 Å². The summed E-state index contributed by atoms with van der Waals surface area (Å²) in [5.74, 6) is -0.479. The maximum atomic E-state index is 11.8. The summed E-state index contributed by atoms with van der Waals surface area (Å²) in [7, 11) is 1.34. The Bertz CT molecular complexity index is 615. The van der Waals surface area contributed by atoms with Crippen LogP contribution in [0, 0.1) is 13.8 Å². The molecule has 0 amide bonds. The van der Waals surface area contributed by atoms with Crippen LogP contribution in [0.1, 0.15) is 41.1 Å². The number of aryl methyl sites for hydroxylation is 2. The molecule has 0 aromatic carbocycles. The maximum absolute atomic E-state index is 11.8. The van der Waals surface area contributed by atoms with Gasteiger partial charge in [-0.2, -0.15) is 0 Å². The third-order valence-electron chi connectivity index (χ3n) is 2.68. The van der Waals surface area contributed by atoms with Crippen molar-refractivity contribution in [2.24, 2.45) is 0 Å². The molecule has 7 heteroatoms. The Labute approximate surface area is 115 Å². The monoisotopic (exact) mass is 280 g/mol. The van der Waals surface area contributed by atoms with E-state index in [-0.39, 0.29) is 11.7 Å². The Balaban J connectivity index is 2.68. The van der Waals surface area contributed by atoms with Gasteiger partial charge in [0, 0.05) is 6.04 Å². The minimum atomic E-state index is -0.479. The predicted molar refractivity (Wildman–Crippen MR) is 72.3 cm³/mol. The normalized spacial score (nSPS) is 11.1. The van der Waals surface area contributed by atoms with Crippen molar-refractivity contribution >= 4 is 17.3 Å². The van der Waals surface area contributed by atoms with Gasteiger partial charge in [0.25, 0.3) is 0 Å². The number of rotatable bonds is 3. The van der Waals surface area contributed by atoms with E-state index >= 15 is 0 Å². The molecule has 0 bridgehead atoms. The van der Waals surface area contributed by atoms with Crippen LogP contribution in [0.25, 0.3) is 10.6 Å². The van der Waals surface area contributed by atoms with Crippen molar-refractivity contribution in [2.75, 3.05) is 7.11 Å². The van der Waals surface area contributed by atoms with Gasteiger partial charge in [-0.1, -0.05) is 5.21 Å². The molecule has 0 aliphatic heterocycles. The molecule has 0 aliphatic rings. The summed E-state index contributed by atoms with van der Waals surface area (Å²) in [6.45, 7) is 7.82. The second-order valence-electron chi connectivity index (χ2n) is 4.46. The van der Waals surface area contributed by atoms with E-state index in [0.29, 0.717) is 5.69 Å². The lowest BCUT2D eigenvalue weighted by molar-refractivity contribution is 0.0595. The molecular weight excluding hydrogens is 264 g/mol. The number of nitrogens with zero attached hydrogens (tertiary/aromatic N) is 4. The van der Waals surface area contributed by atoms with Crippen molar-refractivity contribution < 1.29 is 9.53 Å². The van der Waals surface area contributed by atoms with E-state index in [0.717, 1.165) is 15.6 Å². The molecule has 0 radical (unpaired) electrons. The average Bonchev–Trinajstić information content (AvgIpc) is 2.91. The van der Waals surface area contributed by atoms with Crippen molar-refractivity contribution in [1.29, 1.82) is 0 Å². The molecule has 2 rings (SSSR count). The van der Waals surface area contributed by atoms with Crippen molar-refractivity contribution in [2.45, 2.75) is 33.7 Å². The highest BCUT2D eigenvalue weighted by molar-refractivity contribution is 7.15. The Hall–Kier alpha value is -1.76. The maximum Gasteiger partial charge on any atom is 0.360 e. The van der Waals surface area contributed by atoms with Crippen LogP contribution in [0.3, 0.4) is 0 Å². The predicted octanol–water partition coefficient (Wildman–Crippen LogP) is 2.39. The second kappa shape index (κ2) is 5.08. The van der Waals surface area contributed by atoms with Crippen LogP contribution in [0.2, 0.25) is 0 Å². The first-order chi connectivity index (χ1) is 8.95. The largest absolute Gasteiger partial charge is 0.464 e. The van der Waals surface area contributed by atoms with Crippen LogP contribution in [-0.4, -0.2) is 33.1 Å². The Morgan fingerprint density at radius 1 is 1.37 bits per heavy atom. The van der Waals surface area contributed by atoms with Gasteiger partial charge in [0.05, 0.1) is 22.7 Å². The number of carbonyl (C=O) groups excluding carboxylic acids is 1. The fourth-order valence-corrected chi connectivity index (χ4v) is 2.81. The fourth-order valence-electron chi connectivity index (χ4n) is 1.85. The summed E-state index contributed by atoms with van der Waals surface area (Å²) >= 11 is 1.53. The number of hydrogen-bond acceptors (Lipinski definition) is 6. The molecule has 0 saturated carbocycles. The summed E-state index contributed by atoms with van der Waals surface area (Å²) in [5.41, 5.74) is 1.80. The molecular formula is C12H16N4O2S. The Morgan fingerprint density at radius 3 is 2.53 bits per heavy atom. The molecule has 2 heterocycles. The van der Waals surface area contributed by atoms with E-state index in [1.807, 2.05) is 27.7 Å². The molecule has 0 atom stereocenters. The van der Waals surface area contributed by atoms with Gasteiger partial charge in [-0.3, -0.25) is 0 Å². The zero-order valence-corrected chi connectivity index (χ0v) is 12.4. The van der Waals surface area contributed by atoms with Gasteiger partial charge >= 0.3 is 5.97 Å². The van der Waals surface area contributed by atoms with Crippen LogP contribution < -0.4 is 0 Å². The smallest absolute Gasteiger partial charge is 0.360 e. The lowest BCUT2D eigenvalue weighted by atomic mass is 10.2. The van der Waals surface area contributed by atoms with Gasteiger partial charge in [0.2, 0.25) is 0 Å². The molecule has 0 fully saturated rings. The summed E-state index contributed by atoms with van der Waals surface area (Å²) in [4.78, 5) is 17.1. The summed E-state index contributed by atoms with van der Waals surface area (Å²) in [5, 5.41) is 8.95. The second-order valence-corrected chi connectivity index (χ2v) is 5.67. The van der Waals surface area contributed by atoms with Crippen molar-refractivity contribution in [3.05, 3.63) is 16.4 Å². The van der Waals surface area contributed by atoms with Gasteiger partial charge in [-0.25, -0.2) is 14.5 Å². The lowest BCUT2D eigenvalue weighted by Gasteiger charge is -2.09. The average molecular weight is 280 g/mol. The SMILES string of the molecule is COC(=O)c1nnn(C(C)C)c1-c1sc(C)nc1C. The van der Waals surface area contributed by atoms with Crippen molar-refractivity contribution in [3.63, 3.8) is 0 Å². The van der Waals surface area contributed by atoms with Gasteiger partial charge in [0.1, 0.15) is 5.69 Å². The minimum absolute atomic E-state index is 0.0997. The molecule has 0 spiro atoms. The van der Waals surface area contributed by atoms with Gasteiger partial charge in [-0.15, -0.1) is 16.4 Å². The number of aromatic nitrogens is 4. The molecule has 0 unspecified atom stereocenters. The number of ether oxygens (including phenoxy) is 1. The first-order valence-electron chi connectivity index (χ1n) is 5.93. The molecule has 6 nitrogen and oxygen atoms in total. The molecule has 102 valence electrons. The van der Waals surface area contributed by atoms with Crippen molar-refractivity contribution in [3.8, 4) is 10.6 Å². The Morgan fingerprint density at radius 2 is 2.05 bits per heavy atom. The van der Waals surface area contributed by atoms with Gasteiger partial charge in [0.15, 0.2) is 5.69 Å². The highest BCUT2D eigenvalue weighted by atomic mass is 32.1. The number of hydrogen-bond donors (Lipinski definition) is 0. The molecule has 19 heavy (non-hydrogen) atoms. The van der Waals surface area contributed by atoms with E-state index in [2.05, 4.69) is 15.3 Å². The van der Waals surface area contributed by atoms with Crippen LogP contribution in [0.15, 0.2) is 0 Å². The van der Waals surface area contributed by atoms with E-state index in [4.69, 9.17) is 4.74 Å².